The van der Waals surface area contributed by atoms with E-state index in [1.807, 2.05) is 6.07 Å². The van der Waals surface area contributed by atoms with Crippen LogP contribution in [0.5, 0.6) is 0 Å². The van der Waals surface area contributed by atoms with Gasteiger partial charge in [0.25, 0.3) is 0 Å². The van der Waals surface area contributed by atoms with E-state index >= 15 is 0 Å². The molecule has 11 heteroatoms. The van der Waals surface area contributed by atoms with Crippen LogP contribution in [0, 0.1) is 0 Å². The van der Waals surface area contributed by atoms with Crippen LogP contribution in [-0.2, 0) is 22.8 Å². The van der Waals surface area contributed by atoms with E-state index in [-0.39, 0.29) is 5.03 Å². The Morgan fingerprint density at radius 3 is 2.70 bits per heavy atom. The third-order valence-corrected chi connectivity index (χ3v) is 7.09. The normalized spacial score (nSPS) is 17.8. The van der Waals surface area contributed by atoms with Crippen LogP contribution in [0.2, 0.25) is 0 Å². The molecule has 10 nitrogen and oxygen atoms in total. The molecule has 2 aliphatic rings. The molecule has 1 N–H and O–H groups in total. The van der Waals surface area contributed by atoms with Gasteiger partial charge >= 0.3 is 0 Å². The quantitative estimate of drug-likeness (QED) is 0.664. The monoisotopic (exact) mass is 428 g/mol. The van der Waals surface area contributed by atoms with Crippen molar-refractivity contribution in [1.29, 1.82) is 0 Å². The number of nitrogens with one attached hydrogen (secondary N) is 1. The molecule has 5 rings (SSSR count). The number of imidazole rings is 1. The minimum atomic E-state index is -3.54. The van der Waals surface area contributed by atoms with Gasteiger partial charge in [0.15, 0.2) is 20.7 Å². The highest BCUT2D eigenvalue weighted by atomic mass is 32.2. The van der Waals surface area contributed by atoms with E-state index < -0.39 is 9.84 Å². The Kier molecular flexibility index (Phi) is 4.76. The zero-order chi connectivity index (χ0) is 20.7. The van der Waals surface area contributed by atoms with Crippen LogP contribution < -0.4 is 4.90 Å². The fourth-order valence-corrected chi connectivity index (χ4v) is 5.47. The Morgan fingerprint density at radius 1 is 1.13 bits per heavy atom. The van der Waals surface area contributed by atoms with Crippen LogP contribution in [0.4, 0.5) is 5.69 Å². The molecule has 5 heterocycles. The number of aromatic amines is 1. The summed E-state index contributed by atoms with van der Waals surface area (Å²) in [6.07, 6.45) is 10.2. The van der Waals surface area contributed by atoms with E-state index in [0.29, 0.717) is 17.3 Å². The van der Waals surface area contributed by atoms with E-state index in [2.05, 4.69) is 46.3 Å². The van der Waals surface area contributed by atoms with Gasteiger partial charge in [-0.05, 0) is 42.2 Å². The number of rotatable bonds is 4. The van der Waals surface area contributed by atoms with Gasteiger partial charge in [0.1, 0.15) is 5.82 Å². The molecule has 0 saturated carbocycles. The van der Waals surface area contributed by atoms with Crippen LogP contribution >= 0.6 is 0 Å². The standard InChI is InChI=1S/C19H24N8O2S/c1-30(28,29)19-17(18-22-24-25-23-18)14(5-8-20-19)26-10-6-13(7-11-26)15-12-21-16-4-2-3-9-27(15)16/h5,8,12-13H,2-4,6-7,9-11H2,1H3,(H,22,23,24,25). The van der Waals surface area contributed by atoms with Crippen molar-refractivity contribution in [2.75, 3.05) is 24.2 Å². The number of anilines is 1. The van der Waals surface area contributed by atoms with Crippen molar-refractivity contribution in [3.8, 4) is 11.4 Å². The lowest BCUT2D eigenvalue weighted by atomic mass is 9.92. The first-order valence-electron chi connectivity index (χ1n) is 10.2. The van der Waals surface area contributed by atoms with Crippen molar-refractivity contribution < 1.29 is 8.42 Å². The zero-order valence-corrected chi connectivity index (χ0v) is 17.6. The number of aromatic nitrogens is 7. The summed E-state index contributed by atoms with van der Waals surface area (Å²) in [6.45, 7) is 2.69. The number of nitrogens with zero attached hydrogens (tertiary/aromatic N) is 7. The third-order valence-electron chi connectivity index (χ3n) is 6.08. The van der Waals surface area contributed by atoms with Crippen LogP contribution in [0.25, 0.3) is 11.4 Å². The third kappa shape index (κ3) is 3.36. The van der Waals surface area contributed by atoms with Gasteiger partial charge < -0.3 is 9.47 Å². The first-order chi connectivity index (χ1) is 14.5. The lowest BCUT2D eigenvalue weighted by molar-refractivity contribution is 0.447. The second-order valence-corrected chi connectivity index (χ2v) is 9.93. The summed E-state index contributed by atoms with van der Waals surface area (Å²) in [6, 6.07) is 1.84. The predicted octanol–water partition coefficient (Wildman–Crippen LogP) is 1.58. The second-order valence-electron chi connectivity index (χ2n) is 8.00. The molecule has 0 unspecified atom stereocenters. The van der Waals surface area contributed by atoms with Gasteiger partial charge in [0, 0.05) is 56.3 Å². The number of sulfone groups is 1. The average Bonchev–Trinajstić information content (AvgIpc) is 3.43. The summed E-state index contributed by atoms with van der Waals surface area (Å²) < 4.78 is 27.1. The SMILES string of the molecule is CS(=O)(=O)c1nccc(N2CCC(c3cnc4n3CCCC4)CC2)c1-c1nnn[nH]1. The molecule has 0 aromatic carbocycles. The molecule has 0 bridgehead atoms. The van der Waals surface area contributed by atoms with Crippen LogP contribution in [0.1, 0.15) is 43.1 Å². The molecule has 158 valence electrons. The van der Waals surface area contributed by atoms with E-state index in [0.717, 1.165) is 50.8 Å². The van der Waals surface area contributed by atoms with Crippen LogP contribution in [-0.4, -0.2) is 62.9 Å². The molecule has 1 fully saturated rings. The van der Waals surface area contributed by atoms with Crippen molar-refractivity contribution in [2.24, 2.45) is 0 Å². The first kappa shape index (κ1) is 19.2. The molecule has 0 radical (unpaired) electrons. The highest BCUT2D eigenvalue weighted by Crippen LogP contribution is 2.37. The fraction of sp³-hybridized carbons (Fsp3) is 0.526. The van der Waals surface area contributed by atoms with E-state index in [9.17, 15) is 8.42 Å². The molecule has 0 spiro atoms. The summed E-state index contributed by atoms with van der Waals surface area (Å²) in [4.78, 5) is 11.0. The Bertz CT molecular complexity index is 1150. The fourth-order valence-electron chi connectivity index (χ4n) is 4.65. The molecule has 0 amide bonds. The number of piperidine rings is 1. The van der Waals surface area contributed by atoms with Crippen molar-refractivity contribution in [2.45, 2.75) is 49.6 Å². The van der Waals surface area contributed by atoms with Crippen molar-refractivity contribution in [3.05, 3.63) is 30.0 Å². The number of hydrogen-bond acceptors (Lipinski definition) is 8. The summed E-state index contributed by atoms with van der Waals surface area (Å²) in [5, 5.41) is 13.9. The van der Waals surface area contributed by atoms with Crippen LogP contribution in [0.15, 0.2) is 23.5 Å². The molecule has 0 aliphatic carbocycles. The summed E-state index contributed by atoms with van der Waals surface area (Å²) >= 11 is 0. The molecular weight excluding hydrogens is 404 g/mol. The summed E-state index contributed by atoms with van der Waals surface area (Å²) in [5.74, 6) is 1.99. The number of fused-ring (bicyclic) bond motifs is 1. The summed E-state index contributed by atoms with van der Waals surface area (Å²) in [7, 11) is -3.54. The van der Waals surface area contributed by atoms with Crippen LogP contribution in [0.3, 0.4) is 0 Å². The van der Waals surface area contributed by atoms with E-state index in [4.69, 9.17) is 0 Å². The number of aryl methyl sites for hydroxylation is 1. The second kappa shape index (κ2) is 7.46. The molecule has 1 saturated heterocycles. The lowest BCUT2D eigenvalue weighted by Gasteiger charge is -2.35. The predicted molar refractivity (Wildman–Crippen MR) is 110 cm³/mol. The van der Waals surface area contributed by atoms with Crippen molar-refractivity contribution in [1.82, 2.24) is 35.2 Å². The maximum Gasteiger partial charge on any atom is 0.193 e. The number of hydrogen-bond donors (Lipinski definition) is 1. The van der Waals surface area contributed by atoms with Gasteiger partial charge in [-0.25, -0.2) is 23.5 Å². The van der Waals surface area contributed by atoms with Crippen molar-refractivity contribution >= 4 is 15.5 Å². The number of H-pyrrole nitrogens is 1. The van der Waals surface area contributed by atoms with Gasteiger partial charge in [0.05, 0.1) is 11.3 Å². The molecule has 2 aliphatic heterocycles. The molecule has 30 heavy (non-hydrogen) atoms. The summed E-state index contributed by atoms with van der Waals surface area (Å²) in [5.41, 5.74) is 2.57. The van der Waals surface area contributed by atoms with Gasteiger partial charge in [-0.2, -0.15) is 0 Å². The lowest BCUT2D eigenvalue weighted by Crippen LogP contribution is -2.34. The Balaban J connectivity index is 1.44. The largest absolute Gasteiger partial charge is 0.371 e. The Labute approximate surface area is 174 Å². The van der Waals surface area contributed by atoms with E-state index in [1.165, 1.54) is 24.4 Å². The smallest absolute Gasteiger partial charge is 0.193 e. The zero-order valence-electron chi connectivity index (χ0n) is 16.8. The van der Waals surface area contributed by atoms with Crippen molar-refractivity contribution in [3.63, 3.8) is 0 Å². The Hall–Kier alpha value is -2.82. The van der Waals surface area contributed by atoms with Gasteiger partial charge in [0.2, 0.25) is 0 Å². The molecule has 3 aromatic rings. The maximum absolute atomic E-state index is 12.4. The number of tetrazole rings is 1. The van der Waals surface area contributed by atoms with Gasteiger partial charge in [-0.3, -0.25) is 0 Å². The van der Waals surface area contributed by atoms with Gasteiger partial charge in [-0.1, -0.05) is 0 Å². The highest BCUT2D eigenvalue weighted by molar-refractivity contribution is 7.90. The minimum absolute atomic E-state index is 0.00877. The molecule has 3 aromatic heterocycles. The van der Waals surface area contributed by atoms with E-state index in [1.54, 1.807) is 6.20 Å². The topological polar surface area (TPSA) is 123 Å². The molecular formula is C19H24N8O2S. The highest BCUT2D eigenvalue weighted by Gasteiger charge is 2.29. The van der Waals surface area contributed by atoms with Gasteiger partial charge in [-0.15, -0.1) is 5.10 Å². The average molecular weight is 429 g/mol. The first-order valence-corrected chi connectivity index (χ1v) is 12.1. The molecule has 0 atom stereocenters. The minimum Gasteiger partial charge on any atom is -0.371 e. The Morgan fingerprint density at radius 2 is 1.97 bits per heavy atom. The maximum atomic E-state index is 12.4. The number of pyridine rings is 1.